The Morgan fingerprint density at radius 1 is 0.760 bits per heavy atom. The van der Waals surface area contributed by atoms with E-state index in [4.69, 9.17) is 9.47 Å². The summed E-state index contributed by atoms with van der Waals surface area (Å²) < 4.78 is 11.0. The number of benzene rings is 3. The molecule has 0 heterocycles. The summed E-state index contributed by atoms with van der Waals surface area (Å²) in [6, 6.07) is 26.5. The van der Waals surface area contributed by atoms with Gasteiger partial charge in [0, 0.05) is 6.08 Å². The maximum atomic E-state index is 11.8. The van der Waals surface area contributed by atoms with Gasteiger partial charge in [0.2, 0.25) is 0 Å². The monoisotopic (exact) mass is 330 g/mol. The predicted octanol–water partition coefficient (Wildman–Crippen LogP) is 4.88. The minimum atomic E-state index is -0.415. The molecule has 0 atom stereocenters. The first-order chi connectivity index (χ1) is 12.3. The fraction of sp³-hybridized carbons (Fsp3) is 0.0455. The lowest BCUT2D eigenvalue weighted by molar-refractivity contribution is -0.128. The van der Waals surface area contributed by atoms with Crippen molar-refractivity contribution in [1.29, 1.82) is 0 Å². The Labute approximate surface area is 147 Å². The Bertz CT molecular complexity index is 822. The van der Waals surface area contributed by atoms with Crippen molar-refractivity contribution in [3.63, 3.8) is 0 Å². The molecule has 0 amide bonds. The molecule has 3 nitrogen and oxygen atoms in total. The highest BCUT2D eigenvalue weighted by molar-refractivity contribution is 5.88. The van der Waals surface area contributed by atoms with Crippen LogP contribution in [0.5, 0.6) is 11.5 Å². The van der Waals surface area contributed by atoms with Gasteiger partial charge < -0.3 is 9.47 Å². The van der Waals surface area contributed by atoms with Crippen LogP contribution in [0.1, 0.15) is 11.1 Å². The quantitative estimate of drug-likeness (QED) is 0.367. The van der Waals surface area contributed by atoms with Crippen LogP contribution in [0.3, 0.4) is 0 Å². The van der Waals surface area contributed by atoms with Crippen LogP contribution in [-0.4, -0.2) is 5.97 Å². The standard InChI is InChI=1S/C22H18O3/c23-22(16-11-18-7-3-1-4-8-18)25-21-14-12-20(13-15-21)24-17-19-9-5-2-6-10-19/h1-16H,17H2. The van der Waals surface area contributed by atoms with E-state index in [1.807, 2.05) is 60.7 Å². The molecular weight excluding hydrogens is 312 g/mol. The second-order valence-corrected chi connectivity index (χ2v) is 5.41. The van der Waals surface area contributed by atoms with Gasteiger partial charge in [-0.05, 0) is 41.5 Å². The van der Waals surface area contributed by atoms with Crippen molar-refractivity contribution in [2.24, 2.45) is 0 Å². The van der Waals surface area contributed by atoms with E-state index in [0.717, 1.165) is 16.9 Å². The summed E-state index contributed by atoms with van der Waals surface area (Å²) in [6.07, 6.45) is 3.13. The molecule has 0 fully saturated rings. The first-order valence-corrected chi connectivity index (χ1v) is 8.01. The minimum Gasteiger partial charge on any atom is -0.489 e. The third kappa shape index (κ3) is 5.36. The van der Waals surface area contributed by atoms with Gasteiger partial charge in [0.15, 0.2) is 0 Å². The number of carbonyl (C=O) groups excluding carboxylic acids is 1. The van der Waals surface area contributed by atoms with Gasteiger partial charge in [0.05, 0.1) is 0 Å². The van der Waals surface area contributed by atoms with Crippen molar-refractivity contribution >= 4 is 12.0 Å². The van der Waals surface area contributed by atoms with Crippen LogP contribution in [-0.2, 0) is 11.4 Å². The van der Waals surface area contributed by atoms with Crippen LogP contribution in [0.25, 0.3) is 6.08 Å². The van der Waals surface area contributed by atoms with Crippen LogP contribution in [0, 0.1) is 0 Å². The van der Waals surface area contributed by atoms with Crippen LogP contribution < -0.4 is 9.47 Å². The van der Waals surface area contributed by atoms with E-state index in [0.29, 0.717) is 12.4 Å². The Morgan fingerprint density at radius 2 is 1.36 bits per heavy atom. The van der Waals surface area contributed by atoms with E-state index >= 15 is 0 Å². The molecule has 3 rings (SSSR count). The maximum Gasteiger partial charge on any atom is 0.336 e. The zero-order valence-corrected chi connectivity index (χ0v) is 13.7. The number of hydrogen-bond acceptors (Lipinski definition) is 3. The number of ether oxygens (including phenoxy) is 2. The van der Waals surface area contributed by atoms with Gasteiger partial charge in [-0.15, -0.1) is 0 Å². The summed E-state index contributed by atoms with van der Waals surface area (Å²) in [5, 5.41) is 0. The molecular formula is C22H18O3. The van der Waals surface area contributed by atoms with Gasteiger partial charge in [0.25, 0.3) is 0 Å². The molecule has 124 valence electrons. The third-order valence-electron chi connectivity index (χ3n) is 3.50. The highest BCUT2D eigenvalue weighted by Gasteiger charge is 2.02. The highest BCUT2D eigenvalue weighted by Crippen LogP contribution is 2.19. The molecule has 0 unspecified atom stereocenters. The second kappa shape index (κ2) is 8.50. The molecule has 3 aromatic carbocycles. The highest BCUT2D eigenvalue weighted by atomic mass is 16.5. The van der Waals surface area contributed by atoms with Gasteiger partial charge in [0.1, 0.15) is 18.1 Å². The lowest BCUT2D eigenvalue weighted by Crippen LogP contribution is -2.03. The van der Waals surface area contributed by atoms with Crippen molar-refractivity contribution in [2.45, 2.75) is 6.61 Å². The Morgan fingerprint density at radius 3 is 2.04 bits per heavy atom. The van der Waals surface area contributed by atoms with E-state index in [9.17, 15) is 4.79 Å². The summed E-state index contributed by atoms with van der Waals surface area (Å²) >= 11 is 0. The van der Waals surface area contributed by atoms with Crippen molar-refractivity contribution in [1.82, 2.24) is 0 Å². The summed E-state index contributed by atoms with van der Waals surface area (Å²) in [5.41, 5.74) is 2.05. The number of rotatable bonds is 6. The Kier molecular flexibility index (Phi) is 5.62. The summed E-state index contributed by atoms with van der Waals surface area (Å²) in [6.45, 7) is 0.500. The fourth-order valence-corrected chi connectivity index (χ4v) is 2.22. The number of carbonyl (C=O) groups is 1. The molecule has 0 saturated carbocycles. The largest absolute Gasteiger partial charge is 0.489 e. The molecule has 0 N–H and O–H groups in total. The third-order valence-corrected chi connectivity index (χ3v) is 3.50. The summed E-state index contributed by atoms with van der Waals surface area (Å²) in [5.74, 6) is 0.792. The number of hydrogen-bond donors (Lipinski definition) is 0. The molecule has 0 aliphatic rings. The lowest BCUT2D eigenvalue weighted by atomic mass is 10.2. The van der Waals surface area contributed by atoms with Crippen LogP contribution in [0.4, 0.5) is 0 Å². The molecule has 0 saturated heterocycles. The Balaban J connectivity index is 1.52. The van der Waals surface area contributed by atoms with Crippen LogP contribution >= 0.6 is 0 Å². The predicted molar refractivity (Wildman–Crippen MR) is 98.3 cm³/mol. The van der Waals surface area contributed by atoms with E-state index in [2.05, 4.69) is 0 Å². The van der Waals surface area contributed by atoms with Crippen LogP contribution in [0.15, 0.2) is 91.0 Å². The molecule has 0 aliphatic carbocycles. The average Bonchev–Trinajstić information content (AvgIpc) is 2.67. The first-order valence-electron chi connectivity index (χ1n) is 8.01. The van der Waals surface area contributed by atoms with Gasteiger partial charge in [-0.3, -0.25) is 0 Å². The smallest absolute Gasteiger partial charge is 0.336 e. The SMILES string of the molecule is O=C(C=Cc1ccccc1)Oc1ccc(OCc2ccccc2)cc1. The van der Waals surface area contributed by atoms with E-state index in [1.54, 1.807) is 30.3 Å². The Hall–Kier alpha value is -3.33. The molecule has 3 heteroatoms. The topological polar surface area (TPSA) is 35.5 Å². The first kappa shape index (κ1) is 16.5. The van der Waals surface area contributed by atoms with Crippen molar-refractivity contribution in [3.8, 4) is 11.5 Å². The zero-order valence-electron chi connectivity index (χ0n) is 13.7. The molecule has 0 aliphatic heterocycles. The molecule has 0 spiro atoms. The summed E-state index contributed by atoms with van der Waals surface area (Å²) in [7, 11) is 0. The van der Waals surface area contributed by atoms with Crippen molar-refractivity contribution in [2.75, 3.05) is 0 Å². The molecule has 0 aromatic heterocycles. The normalized spacial score (nSPS) is 10.6. The second-order valence-electron chi connectivity index (χ2n) is 5.41. The molecule has 3 aromatic rings. The maximum absolute atomic E-state index is 11.8. The van der Waals surface area contributed by atoms with Crippen molar-refractivity contribution in [3.05, 3.63) is 102 Å². The lowest BCUT2D eigenvalue weighted by Gasteiger charge is -2.07. The van der Waals surface area contributed by atoms with Crippen LogP contribution in [0.2, 0.25) is 0 Å². The van der Waals surface area contributed by atoms with Gasteiger partial charge in [-0.25, -0.2) is 4.79 Å². The van der Waals surface area contributed by atoms with E-state index in [-0.39, 0.29) is 0 Å². The van der Waals surface area contributed by atoms with Gasteiger partial charge >= 0.3 is 5.97 Å². The van der Waals surface area contributed by atoms with Crippen molar-refractivity contribution < 1.29 is 14.3 Å². The van der Waals surface area contributed by atoms with Gasteiger partial charge in [-0.1, -0.05) is 60.7 Å². The fourth-order valence-electron chi connectivity index (χ4n) is 2.22. The molecule has 25 heavy (non-hydrogen) atoms. The average molecular weight is 330 g/mol. The van der Waals surface area contributed by atoms with E-state index < -0.39 is 5.97 Å². The summed E-state index contributed by atoms with van der Waals surface area (Å²) in [4.78, 5) is 11.8. The molecule has 0 bridgehead atoms. The minimum absolute atomic E-state index is 0.415. The van der Waals surface area contributed by atoms with Gasteiger partial charge in [-0.2, -0.15) is 0 Å². The number of esters is 1. The zero-order chi connectivity index (χ0) is 17.3. The molecule has 0 radical (unpaired) electrons. The van der Waals surface area contributed by atoms with E-state index in [1.165, 1.54) is 6.08 Å².